The first-order valence-electron chi connectivity index (χ1n) is 11.4. The summed E-state index contributed by atoms with van der Waals surface area (Å²) in [4.78, 5) is 2.45. The number of benzene rings is 2. The zero-order valence-electron chi connectivity index (χ0n) is 19.9. The third-order valence-corrected chi connectivity index (χ3v) is 5.29. The average molecular weight is 483 g/mol. The summed E-state index contributed by atoms with van der Waals surface area (Å²) in [6, 6.07) is 21.5. The van der Waals surface area contributed by atoms with Crippen molar-refractivity contribution in [3.63, 3.8) is 0 Å². The standard InChI is InChI=1S/C27H32N2.H2O4S/c1-4-28-27(24-17-19-25(20-18-24)29(5-2)6-3)26(23-15-11-8-12-16-23)21-22-13-9-7-10-14-22;1-5(2,3)4/h7-21,25,28H,4-6H2,1-3H3;(H2,1,2,3,4). The maximum absolute atomic E-state index is 8.74. The number of hydrogen-bond donors (Lipinski definition) is 3. The Kier molecular flexibility index (Phi) is 11.0. The fourth-order valence-corrected chi connectivity index (χ4v) is 3.74. The monoisotopic (exact) mass is 482 g/mol. The van der Waals surface area contributed by atoms with E-state index in [4.69, 9.17) is 17.5 Å². The van der Waals surface area contributed by atoms with Gasteiger partial charge in [-0.2, -0.15) is 8.42 Å². The summed E-state index contributed by atoms with van der Waals surface area (Å²) in [6.45, 7) is 9.57. The van der Waals surface area contributed by atoms with E-state index in [0.717, 1.165) is 19.6 Å². The predicted molar refractivity (Wildman–Crippen MR) is 141 cm³/mol. The van der Waals surface area contributed by atoms with E-state index >= 15 is 0 Å². The molecule has 1 aliphatic rings. The summed E-state index contributed by atoms with van der Waals surface area (Å²) >= 11 is 0. The van der Waals surface area contributed by atoms with Crippen molar-refractivity contribution >= 4 is 22.0 Å². The second-order valence-electron chi connectivity index (χ2n) is 7.57. The topological polar surface area (TPSA) is 89.9 Å². The van der Waals surface area contributed by atoms with Gasteiger partial charge >= 0.3 is 10.4 Å². The summed E-state index contributed by atoms with van der Waals surface area (Å²) in [5, 5.41) is 3.64. The molecule has 182 valence electrons. The molecule has 34 heavy (non-hydrogen) atoms. The number of likely N-dealkylation sites (N-methyl/N-ethyl adjacent to an activating group) is 2. The van der Waals surface area contributed by atoms with Crippen LogP contribution in [0.3, 0.4) is 0 Å². The molecule has 6 nitrogen and oxygen atoms in total. The van der Waals surface area contributed by atoms with E-state index in [1.807, 2.05) is 0 Å². The minimum absolute atomic E-state index is 0.370. The van der Waals surface area contributed by atoms with Gasteiger partial charge in [0.2, 0.25) is 0 Å². The summed E-state index contributed by atoms with van der Waals surface area (Å²) in [5.41, 5.74) is 6.03. The van der Waals surface area contributed by atoms with Gasteiger partial charge in [-0.15, -0.1) is 0 Å². The van der Waals surface area contributed by atoms with E-state index in [0.29, 0.717) is 6.04 Å². The molecule has 0 amide bonds. The van der Waals surface area contributed by atoms with E-state index in [1.165, 1.54) is 28.0 Å². The third-order valence-electron chi connectivity index (χ3n) is 5.29. The van der Waals surface area contributed by atoms with Crippen molar-refractivity contribution in [2.24, 2.45) is 0 Å². The van der Waals surface area contributed by atoms with Crippen molar-refractivity contribution in [2.75, 3.05) is 19.6 Å². The van der Waals surface area contributed by atoms with Gasteiger partial charge in [-0.3, -0.25) is 14.0 Å². The van der Waals surface area contributed by atoms with Crippen LogP contribution in [-0.2, 0) is 10.4 Å². The molecule has 0 unspecified atom stereocenters. The molecule has 0 spiro atoms. The lowest BCUT2D eigenvalue weighted by Gasteiger charge is -2.27. The lowest BCUT2D eigenvalue weighted by molar-refractivity contribution is 0.287. The minimum atomic E-state index is -4.67. The molecule has 3 N–H and O–H groups in total. The van der Waals surface area contributed by atoms with Crippen molar-refractivity contribution in [1.29, 1.82) is 0 Å². The van der Waals surface area contributed by atoms with E-state index in [-0.39, 0.29) is 0 Å². The van der Waals surface area contributed by atoms with Crippen LogP contribution in [0.1, 0.15) is 31.9 Å². The highest BCUT2D eigenvalue weighted by molar-refractivity contribution is 7.79. The zero-order valence-corrected chi connectivity index (χ0v) is 20.7. The average Bonchev–Trinajstić information content (AvgIpc) is 2.83. The van der Waals surface area contributed by atoms with Crippen LogP contribution in [0.25, 0.3) is 11.6 Å². The molecule has 1 aliphatic carbocycles. The number of hydrogen-bond acceptors (Lipinski definition) is 4. The first-order chi connectivity index (χ1) is 16.3. The van der Waals surface area contributed by atoms with Crippen molar-refractivity contribution in [1.82, 2.24) is 10.2 Å². The van der Waals surface area contributed by atoms with Gasteiger partial charge in [-0.05, 0) is 42.8 Å². The molecule has 0 fully saturated rings. The first-order valence-corrected chi connectivity index (χ1v) is 12.8. The van der Waals surface area contributed by atoms with Gasteiger partial charge < -0.3 is 5.32 Å². The quantitative estimate of drug-likeness (QED) is 0.351. The molecular weight excluding hydrogens is 448 g/mol. The van der Waals surface area contributed by atoms with Crippen LogP contribution >= 0.6 is 0 Å². The van der Waals surface area contributed by atoms with Gasteiger partial charge in [0.25, 0.3) is 0 Å². The smallest absolute Gasteiger partial charge is 0.384 e. The third kappa shape index (κ3) is 9.11. The van der Waals surface area contributed by atoms with E-state index in [1.54, 1.807) is 0 Å². The van der Waals surface area contributed by atoms with Crippen LogP contribution in [0, 0.1) is 0 Å². The first kappa shape index (κ1) is 27.3. The van der Waals surface area contributed by atoms with Crippen LogP contribution in [0.15, 0.2) is 96.2 Å². The molecular formula is C27H34N2O4S. The molecule has 7 heteroatoms. The van der Waals surface area contributed by atoms with Crippen molar-refractivity contribution in [3.8, 4) is 0 Å². The maximum Gasteiger partial charge on any atom is 0.394 e. The summed E-state index contributed by atoms with van der Waals surface area (Å²) in [7, 11) is -4.67. The highest BCUT2D eigenvalue weighted by Crippen LogP contribution is 2.29. The molecule has 0 heterocycles. The number of allylic oxidation sites excluding steroid dienone is 4. The molecule has 0 bridgehead atoms. The van der Waals surface area contributed by atoms with Gasteiger partial charge in [0, 0.05) is 23.9 Å². The number of nitrogens with one attached hydrogen (secondary N) is 1. The Hall–Kier alpha value is -2.97. The summed E-state index contributed by atoms with van der Waals surface area (Å²) < 4.78 is 31.6. The van der Waals surface area contributed by atoms with Crippen molar-refractivity contribution < 1.29 is 17.5 Å². The van der Waals surface area contributed by atoms with Crippen LogP contribution < -0.4 is 5.32 Å². The molecule has 0 aliphatic heterocycles. The predicted octanol–water partition coefficient (Wildman–Crippen LogP) is 5.27. The van der Waals surface area contributed by atoms with Gasteiger partial charge in [0.1, 0.15) is 0 Å². The Labute approximate surface area is 203 Å². The van der Waals surface area contributed by atoms with Gasteiger partial charge in [0.15, 0.2) is 0 Å². The second-order valence-corrected chi connectivity index (χ2v) is 8.47. The second kappa shape index (κ2) is 13.7. The van der Waals surface area contributed by atoms with Gasteiger partial charge in [-0.1, -0.05) is 98.8 Å². The molecule has 0 aromatic heterocycles. The molecule has 0 saturated heterocycles. The molecule has 0 radical (unpaired) electrons. The normalized spacial score (nSPS) is 15.6. The van der Waals surface area contributed by atoms with Gasteiger partial charge in [0.05, 0.1) is 0 Å². The van der Waals surface area contributed by atoms with E-state index in [9.17, 15) is 0 Å². The summed E-state index contributed by atoms with van der Waals surface area (Å²) in [5.74, 6) is 0. The molecule has 2 aromatic carbocycles. The Balaban J connectivity index is 0.000000739. The van der Waals surface area contributed by atoms with Gasteiger partial charge in [-0.25, -0.2) is 0 Å². The Morgan fingerprint density at radius 1 is 0.912 bits per heavy atom. The maximum atomic E-state index is 8.74. The Bertz CT molecular complexity index is 1090. The van der Waals surface area contributed by atoms with Crippen LogP contribution in [0.2, 0.25) is 0 Å². The highest BCUT2D eigenvalue weighted by Gasteiger charge is 2.16. The Morgan fingerprint density at radius 2 is 1.41 bits per heavy atom. The van der Waals surface area contributed by atoms with Crippen LogP contribution in [0.4, 0.5) is 0 Å². The van der Waals surface area contributed by atoms with E-state index in [2.05, 4.69) is 122 Å². The minimum Gasteiger partial charge on any atom is -0.384 e. The fraction of sp³-hybridized carbons (Fsp3) is 0.259. The Morgan fingerprint density at radius 3 is 1.88 bits per heavy atom. The lowest BCUT2D eigenvalue weighted by atomic mass is 9.94. The molecule has 3 rings (SSSR count). The number of nitrogens with zero attached hydrogens (tertiary/aromatic N) is 1. The van der Waals surface area contributed by atoms with E-state index < -0.39 is 10.4 Å². The van der Waals surface area contributed by atoms with Crippen LogP contribution in [0.5, 0.6) is 0 Å². The SMILES string of the molecule is CCNC(C(=Cc1ccccc1)c1ccccc1)=C1C=CC(N(CC)CC)C=C1.O=S(=O)(O)O. The molecule has 2 aromatic rings. The molecule has 0 atom stereocenters. The van der Waals surface area contributed by atoms with Crippen molar-refractivity contribution in [2.45, 2.75) is 26.8 Å². The fourth-order valence-electron chi connectivity index (χ4n) is 3.74. The highest BCUT2D eigenvalue weighted by atomic mass is 32.3. The van der Waals surface area contributed by atoms with Crippen LogP contribution in [-0.4, -0.2) is 48.1 Å². The summed E-state index contributed by atoms with van der Waals surface area (Å²) in [6.07, 6.45) is 11.4. The lowest BCUT2D eigenvalue weighted by Crippen LogP contribution is -2.32. The molecule has 0 saturated carbocycles. The number of rotatable bonds is 8. The van der Waals surface area contributed by atoms with Crippen molar-refractivity contribution in [3.05, 3.63) is 107 Å². The zero-order chi connectivity index (χ0) is 25.0. The largest absolute Gasteiger partial charge is 0.394 e.